The summed E-state index contributed by atoms with van der Waals surface area (Å²) in [6.45, 7) is 4.37. The third-order valence-corrected chi connectivity index (χ3v) is 4.35. The van der Waals surface area contributed by atoms with Crippen molar-refractivity contribution in [3.63, 3.8) is 0 Å². The van der Waals surface area contributed by atoms with E-state index in [1.54, 1.807) is 17.9 Å². The van der Waals surface area contributed by atoms with Crippen LogP contribution in [0.5, 0.6) is 0 Å². The van der Waals surface area contributed by atoms with Gasteiger partial charge in [-0.15, -0.1) is 0 Å². The number of nitrogens with one attached hydrogen (secondary N) is 1. The van der Waals surface area contributed by atoms with E-state index in [0.29, 0.717) is 24.3 Å². The Morgan fingerprint density at radius 2 is 1.96 bits per heavy atom. The number of carbonyl (C=O) groups is 2. The number of hydrogen-bond acceptors (Lipinski definition) is 6. The van der Waals surface area contributed by atoms with Gasteiger partial charge in [-0.25, -0.2) is 0 Å². The molecule has 2 N–H and O–H groups in total. The van der Waals surface area contributed by atoms with E-state index in [1.807, 2.05) is 7.05 Å². The molecule has 9 nitrogen and oxygen atoms in total. The number of piperazine rings is 1. The number of rotatable bonds is 6. The molecule has 0 radical (unpaired) electrons. The van der Waals surface area contributed by atoms with Gasteiger partial charge in [-0.3, -0.25) is 24.6 Å². The Morgan fingerprint density at radius 1 is 1.32 bits per heavy atom. The first-order chi connectivity index (χ1) is 11.8. The number of benzene rings is 1. The number of anilines is 1. The van der Waals surface area contributed by atoms with Crippen molar-refractivity contribution < 1.29 is 19.6 Å². The standard InChI is InChI=1S/C16H22N4O5/c1-11-3-4-12(20(24)25)9-13(11)17-15(21)10-14(16(22)23)19-7-5-18(2)6-8-19/h3-4,9,14H,5-8,10H2,1-2H3,(H,17,21)(H,22,23). The molecule has 1 fully saturated rings. The van der Waals surface area contributed by atoms with Crippen molar-refractivity contribution in [2.75, 3.05) is 38.5 Å². The molecule has 1 saturated heterocycles. The van der Waals surface area contributed by atoms with E-state index < -0.39 is 22.8 Å². The second kappa shape index (κ2) is 8.04. The van der Waals surface area contributed by atoms with Crippen LogP contribution < -0.4 is 5.32 Å². The second-order valence-corrected chi connectivity index (χ2v) is 6.20. The van der Waals surface area contributed by atoms with Gasteiger partial charge in [-0.1, -0.05) is 6.07 Å². The van der Waals surface area contributed by atoms with Gasteiger partial charge in [0.15, 0.2) is 0 Å². The van der Waals surface area contributed by atoms with Crippen LogP contribution in [0.25, 0.3) is 0 Å². The molecule has 1 aromatic rings. The van der Waals surface area contributed by atoms with Crippen LogP contribution in [0, 0.1) is 17.0 Å². The van der Waals surface area contributed by atoms with Gasteiger partial charge in [0.25, 0.3) is 5.69 Å². The zero-order chi connectivity index (χ0) is 18.6. The van der Waals surface area contributed by atoms with Gasteiger partial charge < -0.3 is 15.3 Å². The monoisotopic (exact) mass is 350 g/mol. The number of carboxylic acids is 1. The van der Waals surface area contributed by atoms with Crippen molar-refractivity contribution in [3.05, 3.63) is 33.9 Å². The summed E-state index contributed by atoms with van der Waals surface area (Å²) >= 11 is 0. The fourth-order valence-electron chi connectivity index (χ4n) is 2.74. The molecule has 0 aromatic heterocycles. The SMILES string of the molecule is Cc1ccc([N+](=O)[O-])cc1NC(=O)CC(C(=O)O)N1CCN(C)CC1. The minimum atomic E-state index is -1.05. The van der Waals surface area contributed by atoms with Crippen molar-refractivity contribution in [2.24, 2.45) is 0 Å². The van der Waals surface area contributed by atoms with Crippen molar-refractivity contribution >= 4 is 23.3 Å². The molecule has 0 bridgehead atoms. The maximum absolute atomic E-state index is 12.3. The predicted octanol–water partition coefficient (Wildman–Crippen LogP) is 0.932. The normalized spacial score (nSPS) is 17.0. The number of amides is 1. The van der Waals surface area contributed by atoms with Crippen LogP contribution in [-0.2, 0) is 9.59 Å². The average molecular weight is 350 g/mol. The summed E-state index contributed by atoms with van der Waals surface area (Å²) in [4.78, 5) is 38.0. The zero-order valence-electron chi connectivity index (χ0n) is 14.3. The first kappa shape index (κ1) is 18.8. The van der Waals surface area contributed by atoms with E-state index in [1.165, 1.54) is 12.1 Å². The molecule has 1 amide bonds. The summed E-state index contributed by atoms with van der Waals surface area (Å²) in [7, 11) is 1.96. The van der Waals surface area contributed by atoms with Crippen LogP contribution in [-0.4, -0.2) is 71.0 Å². The van der Waals surface area contributed by atoms with E-state index in [-0.39, 0.29) is 12.1 Å². The summed E-state index contributed by atoms with van der Waals surface area (Å²) in [6, 6.07) is 3.27. The fourth-order valence-corrected chi connectivity index (χ4v) is 2.74. The molecule has 1 heterocycles. The molecule has 0 saturated carbocycles. The molecule has 9 heteroatoms. The smallest absolute Gasteiger partial charge is 0.321 e. The van der Waals surface area contributed by atoms with Gasteiger partial charge in [0.05, 0.1) is 17.0 Å². The van der Waals surface area contributed by atoms with Gasteiger partial charge in [0.1, 0.15) is 6.04 Å². The fraction of sp³-hybridized carbons (Fsp3) is 0.500. The molecule has 1 unspecified atom stereocenters. The number of aryl methyl sites for hydroxylation is 1. The van der Waals surface area contributed by atoms with Gasteiger partial charge in [0, 0.05) is 38.3 Å². The van der Waals surface area contributed by atoms with Crippen LogP contribution in [0.3, 0.4) is 0 Å². The lowest BCUT2D eigenvalue weighted by atomic mass is 10.1. The van der Waals surface area contributed by atoms with Gasteiger partial charge in [-0.2, -0.15) is 0 Å². The van der Waals surface area contributed by atoms with Crippen molar-refractivity contribution in [3.8, 4) is 0 Å². The lowest BCUT2D eigenvalue weighted by Gasteiger charge is -2.35. The average Bonchev–Trinajstić information content (AvgIpc) is 2.55. The lowest BCUT2D eigenvalue weighted by molar-refractivity contribution is -0.384. The molecule has 1 aliphatic heterocycles. The third kappa shape index (κ3) is 4.97. The number of nitro groups is 1. The highest BCUT2D eigenvalue weighted by molar-refractivity contribution is 5.94. The van der Waals surface area contributed by atoms with Gasteiger partial charge in [0.2, 0.25) is 5.91 Å². The third-order valence-electron chi connectivity index (χ3n) is 4.35. The van der Waals surface area contributed by atoms with E-state index in [0.717, 1.165) is 13.1 Å². The molecule has 1 aromatic carbocycles. The summed E-state index contributed by atoms with van der Waals surface area (Å²) in [5.41, 5.74) is 0.863. The Bertz CT molecular complexity index is 670. The number of aliphatic carboxylic acids is 1. The van der Waals surface area contributed by atoms with Crippen LogP contribution in [0.1, 0.15) is 12.0 Å². The Morgan fingerprint density at radius 3 is 2.52 bits per heavy atom. The first-order valence-corrected chi connectivity index (χ1v) is 7.98. The quantitative estimate of drug-likeness (QED) is 0.579. The molecule has 0 aliphatic carbocycles. The highest BCUT2D eigenvalue weighted by Gasteiger charge is 2.30. The van der Waals surface area contributed by atoms with Crippen molar-refractivity contribution in [1.82, 2.24) is 9.80 Å². The van der Waals surface area contributed by atoms with Gasteiger partial charge >= 0.3 is 5.97 Å². The molecule has 25 heavy (non-hydrogen) atoms. The summed E-state index contributed by atoms with van der Waals surface area (Å²) in [5.74, 6) is -1.52. The Labute approximate surface area is 145 Å². The molecule has 136 valence electrons. The maximum atomic E-state index is 12.3. The predicted molar refractivity (Wildman–Crippen MR) is 91.6 cm³/mol. The number of carboxylic acid groups (broad SMARTS) is 1. The number of nitro benzene ring substituents is 1. The largest absolute Gasteiger partial charge is 0.480 e. The maximum Gasteiger partial charge on any atom is 0.321 e. The first-order valence-electron chi connectivity index (χ1n) is 7.98. The van der Waals surface area contributed by atoms with Crippen LogP contribution >= 0.6 is 0 Å². The number of likely N-dealkylation sites (N-methyl/N-ethyl adjacent to an activating group) is 1. The number of nitrogens with zero attached hydrogens (tertiary/aromatic N) is 3. The van der Waals surface area contributed by atoms with Crippen LogP contribution in [0.4, 0.5) is 11.4 Å². The van der Waals surface area contributed by atoms with Crippen molar-refractivity contribution in [1.29, 1.82) is 0 Å². The molecule has 1 aliphatic rings. The molecular weight excluding hydrogens is 328 g/mol. The Hall–Kier alpha value is -2.52. The highest BCUT2D eigenvalue weighted by Crippen LogP contribution is 2.22. The molecule has 1 atom stereocenters. The van der Waals surface area contributed by atoms with Crippen LogP contribution in [0.15, 0.2) is 18.2 Å². The number of non-ortho nitro benzene ring substituents is 1. The number of hydrogen-bond donors (Lipinski definition) is 2. The van der Waals surface area contributed by atoms with E-state index in [2.05, 4.69) is 10.2 Å². The minimum absolute atomic E-state index is 0.130. The Kier molecular flexibility index (Phi) is 6.05. The minimum Gasteiger partial charge on any atom is -0.480 e. The summed E-state index contributed by atoms with van der Waals surface area (Å²) in [6.07, 6.45) is -0.207. The molecular formula is C16H22N4O5. The van der Waals surface area contributed by atoms with Gasteiger partial charge in [-0.05, 0) is 19.5 Å². The van der Waals surface area contributed by atoms with Crippen LogP contribution in [0.2, 0.25) is 0 Å². The summed E-state index contributed by atoms with van der Waals surface area (Å²) < 4.78 is 0. The topological polar surface area (TPSA) is 116 Å². The zero-order valence-corrected chi connectivity index (χ0v) is 14.3. The second-order valence-electron chi connectivity index (χ2n) is 6.20. The summed E-state index contributed by atoms with van der Waals surface area (Å²) in [5, 5.41) is 22.9. The molecule has 2 rings (SSSR count). The van der Waals surface area contributed by atoms with E-state index >= 15 is 0 Å². The Balaban J connectivity index is 2.05. The lowest BCUT2D eigenvalue weighted by Crippen LogP contribution is -2.52. The van der Waals surface area contributed by atoms with E-state index in [4.69, 9.17) is 0 Å². The highest BCUT2D eigenvalue weighted by atomic mass is 16.6. The molecule has 0 spiro atoms. The van der Waals surface area contributed by atoms with E-state index in [9.17, 15) is 24.8 Å². The number of carbonyl (C=O) groups excluding carboxylic acids is 1. The van der Waals surface area contributed by atoms with Crippen molar-refractivity contribution in [2.45, 2.75) is 19.4 Å².